The van der Waals surface area contributed by atoms with Crippen LogP contribution < -0.4 is 0 Å². The summed E-state index contributed by atoms with van der Waals surface area (Å²) < 4.78 is 8.52. The average Bonchev–Trinajstić information content (AvgIpc) is 3.54. The predicted octanol–water partition coefficient (Wildman–Crippen LogP) is 8.55. The van der Waals surface area contributed by atoms with Gasteiger partial charge in [0.05, 0.1) is 11.0 Å². The molecule has 0 N–H and O–H groups in total. The zero-order valence-electron chi connectivity index (χ0n) is 21.5. The number of aromatic nitrogens is 3. The van der Waals surface area contributed by atoms with Crippen molar-refractivity contribution in [1.82, 2.24) is 14.5 Å². The molecule has 1 unspecified atom stereocenters. The van der Waals surface area contributed by atoms with E-state index in [2.05, 4.69) is 114 Å². The van der Waals surface area contributed by atoms with Gasteiger partial charge in [0.1, 0.15) is 17.2 Å². The van der Waals surface area contributed by atoms with Gasteiger partial charge in [-0.2, -0.15) is 0 Å². The highest BCUT2D eigenvalue weighted by Gasteiger charge is 2.24. The summed E-state index contributed by atoms with van der Waals surface area (Å²) in [6, 6.07) is 32.1. The number of hydrogen-bond acceptors (Lipinski definition) is 3. The number of rotatable bonds is 3. The minimum Gasteiger partial charge on any atom is -0.456 e. The normalized spacial score (nSPS) is 14.8. The third-order valence-electron chi connectivity index (χ3n) is 8.10. The van der Waals surface area contributed by atoms with Gasteiger partial charge in [-0.15, -0.1) is 0 Å². The molecule has 4 heteroatoms. The van der Waals surface area contributed by atoms with Crippen molar-refractivity contribution in [2.24, 2.45) is 7.05 Å². The van der Waals surface area contributed by atoms with Crippen LogP contribution in [0.15, 0.2) is 114 Å². The van der Waals surface area contributed by atoms with Crippen LogP contribution in [0.5, 0.6) is 0 Å². The van der Waals surface area contributed by atoms with Crippen LogP contribution in [-0.4, -0.2) is 14.5 Å². The van der Waals surface area contributed by atoms with E-state index >= 15 is 0 Å². The van der Waals surface area contributed by atoms with Crippen molar-refractivity contribution in [3.63, 3.8) is 0 Å². The molecular formula is C35H25N3O. The largest absolute Gasteiger partial charge is 0.456 e. The van der Waals surface area contributed by atoms with E-state index in [1.54, 1.807) is 0 Å². The van der Waals surface area contributed by atoms with E-state index in [9.17, 15) is 0 Å². The molecule has 3 heterocycles. The van der Waals surface area contributed by atoms with E-state index in [0.29, 0.717) is 0 Å². The van der Waals surface area contributed by atoms with Crippen LogP contribution in [0.4, 0.5) is 0 Å². The van der Waals surface area contributed by atoms with Crippen molar-refractivity contribution >= 4 is 38.9 Å². The van der Waals surface area contributed by atoms with Gasteiger partial charge in [0.15, 0.2) is 0 Å². The number of hydrogen-bond donors (Lipinski definition) is 0. The van der Waals surface area contributed by atoms with Crippen LogP contribution in [0.2, 0.25) is 0 Å². The van der Waals surface area contributed by atoms with E-state index in [-0.39, 0.29) is 5.92 Å². The summed E-state index contributed by atoms with van der Waals surface area (Å²) in [7, 11) is 2.08. The Morgan fingerprint density at radius 3 is 2.59 bits per heavy atom. The van der Waals surface area contributed by atoms with Gasteiger partial charge in [0.25, 0.3) is 0 Å². The fraction of sp³-hybridized carbons (Fsp3) is 0.0857. The second kappa shape index (κ2) is 8.53. The van der Waals surface area contributed by atoms with Crippen LogP contribution in [0.3, 0.4) is 0 Å². The molecule has 0 saturated heterocycles. The molecule has 4 nitrogen and oxygen atoms in total. The van der Waals surface area contributed by atoms with Gasteiger partial charge < -0.3 is 8.98 Å². The van der Waals surface area contributed by atoms with Crippen LogP contribution >= 0.6 is 0 Å². The van der Waals surface area contributed by atoms with Crippen molar-refractivity contribution < 1.29 is 4.42 Å². The molecule has 3 aromatic heterocycles. The number of pyridine rings is 1. The van der Waals surface area contributed by atoms with Crippen molar-refractivity contribution in [3.05, 3.63) is 126 Å². The second-order valence-corrected chi connectivity index (χ2v) is 10.3. The second-order valence-electron chi connectivity index (χ2n) is 10.3. The summed E-state index contributed by atoms with van der Waals surface area (Å²) in [5.74, 6) is 2.23. The lowest BCUT2D eigenvalue weighted by atomic mass is 9.85. The van der Waals surface area contributed by atoms with Gasteiger partial charge in [-0.3, -0.25) is 4.98 Å². The van der Waals surface area contributed by atoms with E-state index in [1.807, 2.05) is 18.5 Å². The molecule has 186 valence electrons. The molecule has 39 heavy (non-hydrogen) atoms. The number of benzene rings is 4. The topological polar surface area (TPSA) is 43.9 Å². The fourth-order valence-electron chi connectivity index (χ4n) is 6.15. The maximum Gasteiger partial charge on any atom is 0.140 e. The van der Waals surface area contributed by atoms with E-state index < -0.39 is 0 Å². The van der Waals surface area contributed by atoms with Crippen molar-refractivity contribution in [2.45, 2.75) is 12.3 Å². The van der Waals surface area contributed by atoms with Crippen LogP contribution in [0.25, 0.3) is 61.4 Å². The van der Waals surface area contributed by atoms with Gasteiger partial charge in [-0.1, -0.05) is 72.8 Å². The number of aryl methyl sites for hydroxylation is 1. The lowest BCUT2D eigenvalue weighted by Crippen LogP contribution is -2.05. The molecule has 1 aliphatic carbocycles. The quantitative estimate of drug-likeness (QED) is 0.243. The zero-order valence-corrected chi connectivity index (χ0v) is 21.5. The Kier molecular flexibility index (Phi) is 4.83. The summed E-state index contributed by atoms with van der Waals surface area (Å²) in [6.07, 6.45) is 9.12. The number of para-hydroxylation sites is 2. The Hall–Kier alpha value is -4.96. The molecule has 1 atom stereocenters. The van der Waals surface area contributed by atoms with Gasteiger partial charge in [-0.05, 0) is 58.8 Å². The standard InChI is InChI=1S/C35H25N3O/c1-38-31-10-3-2-9-30(31)37-35(38)23-14-12-22(13-15-23)24-16-17-32-29(20-24)34-28(8-5-11-33(34)39-32)27-7-4-6-25-21-36-19-18-26(25)27/h2-19,21,24H,20H2,1H3. The Balaban J connectivity index is 1.18. The highest BCUT2D eigenvalue weighted by atomic mass is 16.3. The molecule has 0 bridgehead atoms. The van der Waals surface area contributed by atoms with Gasteiger partial charge in [0.2, 0.25) is 0 Å². The molecule has 0 saturated carbocycles. The van der Waals surface area contributed by atoms with Crippen LogP contribution in [0, 0.1) is 0 Å². The Morgan fingerprint density at radius 2 is 1.69 bits per heavy atom. The minimum atomic E-state index is 0.276. The van der Waals surface area contributed by atoms with E-state index in [0.717, 1.165) is 45.6 Å². The molecular weight excluding hydrogens is 478 g/mol. The summed E-state index contributed by atoms with van der Waals surface area (Å²) in [5.41, 5.74) is 9.21. The fourth-order valence-corrected chi connectivity index (χ4v) is 6.15. The zero-order chi connectivity index (χ0) is 25.9. The minimum absolute atomic E-state index is 0.276. The average molecular weight is 504 g/mol. The number of fused-ring (bicyclic) bond motifs is 5. The van der Waals surface area contributed by atoms with Crippen molar-refractivity contribution in [1.29, 1.82) is 0 Å². The van der Waals surface area contributed by atoms with Crippen molar-refractivity contribution in [3.8, 4) is 22.5 Å². The number of allylic oxidation sites excluding steroid dienone is 1. The Morgan fingerprint density at radius 1 is 0.846 bits per heavy atom. The van der Waals surface area contributed by atoms with Crippen LogP contribution in [-0.2, 0) is 13.5 Å². The first-order valence-electron chi connectivity index (χ1n) is 13.3. The molecule has 8 rings (SSSR count). The molecule has 1 aliphatic rings. The molecule has 0 aliphatic heterocycles. The summed E-state index contributed by atoms with van der Waals surface area (Å²) >= 11 is 0. The number of imidazole rings is 1. The maximum absolute atomic E-state index is 6.36. The van der Waals surface area contributed by atoms with Gasteiger partial charge >= 0.3 is 0 Å². The first kappa shape index (κ1) is 22.1. The lowest BCUT2D eigenvalue weighted by Gasteiger charge is -2.18. The number of nitrogens with zero attached hydrogens (tertiary/aromatic N) is 3. The molecule has 4 aromatic carbocycles. The third kappa shape index (κ3) is 3.45. The summed E-state index contributed by atoms with van der Waals surface area (Å²) in [5, 5.41) is 3.56. The highest BCUT2D eigenvalue weighted by molar-refractivity contribution is 6.06. The molecule has 0 spiro atoms. The third-order valence-corrected chi connectivity index (χ3v) is 8.10. The lowest BCUT2D eigenvalue weighted by molar-refractivity contribution is 0.592. The highest BCUT2D eigenvalue weighted by Crippen LogP contribution is 2.42. The Labute approximate surface area is 225 Å². The molecule has 0 amide bonds. The van der Waals surface area contributed by atoms with Gasteiger partial charge in [0, 0.05) is 47.3 Å². The van der Waals surface area contributed by atoms with Gasteiger partial charge in [-0.25, -0.2) is 4.98 Å². The Bertz CT molecular complexity index is 2060. The summed E-state index contributed by atoms with van der Waals surface area (Å²) in [6.45, 7) is 0. The van der Waals surface area contributed by atoms with E-state index in [1.165, 1.54) is 33.0 Å². The number of furan rings is 1. The van der Waals surface area contributed by atoms with E-state index in [4.69, 9.17) is 9.40 Å². The monoisotopic (exact) mass is 503 g/mol. The SMILES string of the molecule is Cn1c(-c2ccc(C3C=Cc4oc5cccc(-c6cccc7cnccc67)c5c4C3)cc2)nc2ccccc21. The molecule has 7 aromatic rings. The first-order valence-corrected chi connectivity index (χ1v) is 13.3. The first-order chi connectivity index (χ1) is 19.2. The predicted molar refractivity (Wildman–Crippen MR) is 159 cm³/mol. The van der Waals surface area contributed by atoms with Crippen LogP contribution in [0.1, 0.15) is 22.8 Å². The molecule has 0 radical (unpaired) electrons. The smallest absolute Gasteiger partial charge is 0.140 e. The van der Waals surface area contributed by atoms with Crippen molar-refractivity contribution in [2.75, 3.05) is 0 Å². The molecule has 0 fully saturated rings. The summed E-state index contributed by atoms with van der Waals surface area (Å²) in [4.78, 5) is 9.20. The maximum atomic E-state index is 6.36.